The van der Waals surface area contributed by atoms with E-state index in [1.807, 2.05) is 89.2 Å². The molecular formula is C22H27N3O2S. The molecule has 0 saturated carbocycles. The van der Waals surface area contributed by atoms with Crippen molar-refractivity contribution < 1.29 is 8.42 Å². The van der Waals surface area contributed by atoms with Gasteiger partial charge in [-0.15, -0.1) is 0 Å². The number of anilines is 1. The van der Waals surface area contributed by atoms with Gasteiger partial charge >= 0.3 is 0 Å². The molecule has 0 radical (unpaired) electrons. The predicted molar refractivity (Wildman–Crippen MR) is 114 cm³/mol. The van der Waals surface area contributed by atoms with Crippen LogP contribution in [0.3, 0.4) is 0 Å². The van der Waals surface area contributed by atoms with Crippen LogP contribution in [0.4, 0.5) is 5.69 Å². The molecule has 0 aliphatic rings. The fraction of sp³-hybridized carbons (Fsp3) is 0.318. The first-order valence-corrected chi connectivity index (χ1v) is 10.8. The predicted octanol–water partition coefficient (Wildman–Crippen LogP) is 4.69. The Hall–Kier alpha value is -2.60. The number of aromatic nitrogens is 2. The zero-order valence-corrected chi connectivity index (χ0v) is 17.9. The van der Waals surface area contributed by atoms with Crippen LogP contribution >= 0.6 is 0 Å². The second kappa shape index (κ2) is 7.43. The molecule has 3 aromatic rings. The molecule has 0 fully saturated rings. The van der Waals surface area contributed by atoms with E-state index in [0.717, 1.165) is 11.3 Å². The van der Waals surface area contributed by atoms with Crippen LogP contribution in [-0.2, 0) is 15.4 Å². The largest absolute Gasteiger partial charge is 0.267 e. The van der Waals surface area contributed by atoms with Crippen molar-refractivity contribution in [3.8, 4) is 5.69 Å². The number of rotatable bonds is 5. The minimum absolute atomic E-state index is 0.244. The summed E-state index contributed by atoms with van der Waals surface area (Å²) in [6, 6.07) is 17.1. The van der Waals surface area contributed by atoms with Crippen molar-refractivity contribution in [2.45, 2.75) is 44.9 Å². The fourth-order valence-corrected chi connectivity index (χ4v) is 5.08. The molecule has 0 N–H and O–H groups in total. The first kappa shape index (κ1) is 20.1. The number of nitrogens with zero attached hydrogens (tertiary/aromatic N) is 3. The number of hydrogen-bond donors (Lipinski definition) is 0. The molecule has 28 heavy (non-hydrogen) atoms. The highest BCUT2D eigenvalue weighted by atomic mass is 32.2. The monoisotopic (exact) mass is 397 g/mol. The van der Waals surface area contributed by atoms with Crippen LogP contribution in [0.15, 0.2) is 65.7 Å². The van der Waals surface area contributed by atoms with Gasteiger partial charge in [0.25, 0.3) is 10.0 Å². The average molecular weight is 398 g/mol. The van der Waals surface area contributed by atoms with Crippen LogP contribution in [0.1, 0.15) is 39.0 Å². The van der Waals surface area contributed by atoms with Crippen molar-refractivity contribution in [3.05, 3.63) is 72.1 Å². The zero-order chi connectivity index (χ0) is 20.5. The van der Waals surface area contributed by atoms with E-state index in [1.54, 1.807) is 10.9 Å². The number of hydrogen-bond acceptors (Lipinski definition) is 3. The number of para-hydroxylation sites is 2. The van der Waals surface area contributed by atoms with Gasteiger partial charge in [-0.3, -0.25) is 4.31 Å². The van der Waals surface area contributed by atoms with E-state index in [1.165, 1.54) is 4.31 Å². The standard InChI is InChI=1S/C22H27N3O2S/c1-6-25(19-15-11-10-12-17(19)2)28(26,27)20-16-24(18-13-8-7-9-14-18)23-21(20)22(3,4)5/h7-16H,6H2,1-5H3. The molecule has 0 atom stereocenters. The highest BCUT2D eigenvalue weighted by Gasteiger charge is 2.34. The minimum atomic E-state index is -3.78. The lowest BCUT2D eigenvalue weighted by Gasteiger charge is -2.26. The highest BCUT2D eigenvalue weighted by Crippen LogP contribution is 2.33. The van der Waals surface area contributed by atoms with Crippen molar-refractivity contribution in [2.24, 2.45) is 0 Å². The minimum Gasteiger partial charge on any atom is -0.266 e. The summed E-state index contributed by atoms with van der Waals surface area (Å²) >= 11 is 0. The summed E-state index contributed by atoms with van der Waals surface area (Å²) < 4.78 is 30.5. The Morgan fingerprint density at radius 2 is 1.61 bits per heavy atom. The van der Waals surface area contributed by atoms with Crippen molar-refractivity contribution in [3.63, 3.8) is 0 Å². The molecule has 0 saturated heterocycles. The molecule has 3 rings (SSSR count). The summed E-state index contributed by atoms with van der Waals surface area (Å²) in [6.45, 7) is 10.1. The van der Waals surface area contributed by atoms with Crippen molar-refractivity contribution in [2.75, 3.05) is 10.8 Å². The third-order valence-electron chi connectivity index (χ3n) is 4.65. The molecule has 2 aromatic carbocycles. The van der Waals surface area contributed by atoms with Gasteiger partial charge in [0.15, 0.2) is 0 Å². The summed E-state index contributed by atoms with van der Waals surface area (Å²) in [7, 11) is -3.78. The van der Waals surface area contributed by atoms with Crippen LogP contribution in [0.5, 0.6) is 0 Å². The summed E-state index contributed by atoms with van der Waals surface area (Å²) in [4.78, 5) is 0.244. The molecule has 148 valence electrons. The Labute approximate surface area is 167 Å². The van der Waals surface area contributed by atoms with E-state index in [0.29, 0.717) is 17.9 Å². The molecule has 0 amide bonds. The molecule has 0 unspecified atom stereocenters. The van der Waals surface area contributed by atoms with Gasteiger partial charge in [-0.05, 0) is 37.6 Å². The molecule has 1 aromatic heterocycles. The Kier molecular flexibility index (Phi) is 5.35. The lowest BCUT2D eigenvalue weighted by Crippen LogP contribution is -2.32. The summed E-state index contributed by atoms with van der Waals surface area (Å²) in [5, 5.41) is 4.66. The summed E-state index contributed by atoms with van der Waals surface area (Å²) in [5.74, 6) is 0. The summed E-state index contributed by atoms with van der Waals surface area (Å²) in [5.41, 5.74) is 2.57. The number of aryl methyl sites for hydroxylation is 1. The van der Waals surface area contributed by atoms with Crippen molar-refractivity contribution in [1.82, 2.24) is 9.78 Å². The molecule has 1 heterocycles. The average Bonchev–Trinajstić information content (AvgIpc) is 3.11. The van der Waals surface area contributed by atoms with Crippen molar-refractivity contribution in [1.29, 1.82) is 0 Å². The molecule has 5 nitrogen and oxygen atoms in total. The van der Waals surface area contributed by atoms with Crippen LogP contribution < -0.4 is 4.31 Å². The number of benzene rings is 2. The SMILES string of the molecule is CCN(c1ccccc1C)S(=O)(=O)c1cn(-c2ccccc2)nc1C(C)(C)C. The molecular weight excluding hydrogens is 370 g/mol. The smallest absolute Gasteiger partial charge is 0.266 e. The molecule has 0 aliphatic carbocycles. The van der Waals surface area contributed by atoms with Gasteiger partial charge in [0.1, 0.15) is 4.90 Å². The summed E-state index contributed by atoms with van der Waals surface area (Å²) in [6.07, 6.45) is 1.63. The Balaban J connectivity index is 2.20. The van der Waals surface area contributed by atoms with Gasteiger partial charge in [0.05, 0.1) is 23.3 Å². The van der Waals surface area contributed by atoms with Gasteiger partial charge in [-0.2, -0.15) is 5.10 Å². The Morgan fingerprint density at radius 1 is 1.00 bits per heavy atom. The normalized spacial score (nSPS) is 12.2. The third-order valence-corrected chi connectivity index (χ3v) is 6.54. The second-order valence-electron chi connectivity index (χ2n) is 7.83. The van der Waals surface area contributed by atoms with Crippen LogP contribution in [0.25, 0.3) is 5.69 Å². The maximum atomic E-state index is 13.7. The van der Waals surface area contributed by atoms with Gasteiger partial charge in [0, 0.05) is 12.0 Å². The Morgan fingerprint density at radius 3 is 2.18 bits per heavy atom. The maximum Gasteiger partial charge on any atom is 0.267 e. The van der Waals surface area contributed by atoms with Gasteiger partial charge in [0.2, 0.25) is 0 Å². The highest BCUT2D eigenvalue weighted by molar-refractivity contribution is 7.92. The van der Waals surface area contributed by atoms with Crippen LogP contribution in [-0.4, -0.2) is 24.7 Å². The number of sulfonamides is 1. The molecule has 0 aliphatic heterocycles. The Bertz CT molecular complexity index is 1060. The zero-order valence-electron chi connectivity index (χ0n) is 17.0. The van der Waals surface area contributed by atoms with Crippen molar-refractivity contribution >= 4 is 15.7 Å². The maximum absolute atomic E-state index is 13.7. The van der Waals surface area contributed by atoms with E-state index in [9.17, 15) is 8.42 Å². The van der Waals surface area contributed by atoms with Gasteiger partial charge in [-0.25, -0.2) is 13.1 Å². The van der Waals surface area contributed by atoms with E-state index >= 15 is 0 Å². The molecule has 0 spiro atoms. The third kappa shape index (κ3) is 3.69. The van der Waals surface area contributed by atoms with Crippen LogP contribution in [0, 0.1) is 6.92 Å². The quantitative estimate of drug-likeness (QED) is 0.627. The first-order valence-electron chi connectivity index (χ1n) is 9.40. The van der Waals surface area contributed by atoms with Gasteiger partial charge < -0.3 is 0 Å². The van der Waals surface area contributed by atoms with E-state index in [4.69, 9.17) is 0 Å². The van der Waals surface area contributed by atoms with E-state index < -0.39 is 15.4 Å². The fourth-order valence-electron chi connectivity index (χ4n) is 3.21. The van der Waals surface area contributed by atoms with Crippen LogP contribution in [0.2, 0.25) is 0 Å². The second-order valence-corrected chi connectivity index (χ2v) is 9.66. The topological polar surface area (TPSA) is 55.2 Å². The molecule has 0 bridgehead atoms. The lowest BCUT2D eigenvalue weighted by molar-refractivity contribution is 0.541. The van der Waals surface area contributed by atoms with Gasteiger partial charge in [-0.1, -0.05) is 57.2 Å². The first-order chi connectivity index (χ1) is 13.2. The molecule has 6 heteroatoms. The van der Waals surface area contributed by atoms with E-state index in [2.05, 4.69) is 5.10 Å². The lowest BCUT2D eigenvalue weighted by atomic mass is 9.92. The van der Waals surface area contributed by atoms with E-state index in [-0.39, 0.29) is 4.90 Å².